The first kappa shape index (κ1) is 20.5. The van der Waals surface area contributed by atoms with Crippen LogP contribution in [0.4, 0.5) is 20.9 Å². The van der Waals surface area contributed by atoms with Crippen LogP contribution in [0.15, 0.2) is 42.6 Å². The maximum atomic E-state index is 13.6. The second kappa shape index (κ2) is 8.19. The Kier molecular flexibility index (Phi) is 5.42. The number of benzene rings is 1. The molecule has 1 unspecified atom stereocenters. The number of pyridine rings is 1. The molecule has 1 atom stereocenters. The highest BCUT2D eigenvalue weighted by Crippen LogP contribution is 2.33. The van der Waals surface area contributed by atoms with Crippen LogP contribution in [-0.2, 0) is 9.59 Å². The first-order chi connectivity index (χ1) is 14.8. The summed E-state index contributed by atoms with van der Waals surface area (Å²) in [5, 5.41) is 14.1. The highest BCUT2D eigenvalue weighted by molar-refractivity contribution is 7.19. The van der Waals surface area contributed by atoms with Gasteiger partial charge in [0.1, 0.15) is 0 Å². The van der Waals surface area contributed by atoms with Crippen molar-refractivity contribution in [3.63, 3.8) is 0 Å². The number of thiazole rings is 1. The third-order valence-electron chi connectivity index (χ3n) is 4.86. The Bertz CT molecular complexity index is 1180. The van der Waals surface area contributed by atoms with Crippen LogP contribution < -0.4 is 10.2 Å². The third-order valence-corrected chi connectivity index (χ3v) is 5.95. The lowest BCUT2D eigenvalue weighted by Crippen LogP contribution is -2.28. The number of anilines is 2. The lowest BCUT2D eigenvalue weighted by atomic mass is 10.1. The van der Waals surface area contributed by atoms with Crippen LogP contribution in [0.3, 0.4) is 0 Å². The summed E-state index contributed by atoms with van der Waals surface area (Å²) >= 11 is 1.28. The Morgan fingerprint density at radius 1 is 1.35 bits per heavy atom. The number of rotatable bonds is 5. The standard InChI is InChI=1S/C20H16FN5O4S/c1-11-18(15-4-2-3-7-22-15)31-20(23-11)24-19(28)12-8-17(27)25(10-12)13-5-6-14(21)16(9-13)26(29)30/h2-7,9,12H,8,10H2,1H3,(H,23,24,28). The predicted octanol–water partition coefficient (Wildman–Crippen LogP) is 3.55. The van der Waals surface area contributed by atoms with Gasteiger partial charge in [-0.2, -0.15) is 4.39 Å². The van der Waals surface area contributed by atoms with Gasteiger partial charge in [0, 0.05) is 25.2 Å². The van der Waals surface area contributed by atoms with Crippen molar-refractivity contribution in [3.05, 3.63) is 64.2 Å². The van der Waals surface area contributed by atoms with Crippen molar-refractivity contribution in [1.29, 1.82) is 0 Å². The second-order valence-electron chi connectivity index (χ2n) is 6.94. The van der Waals surface area contributed by atoms with E-state index in [1.807, 2.05) is 19.1 Å². The molecule has 3 aromatic rings. The molecule has 0 saturated carbocycles. The first-order valence-corrected chi connectivity index (χ1v) is 10.1. The number of hydrogen-bond acceptors (Lipinski definition) is 7. The maximum Gasteiger partial charge on any atom is 0.306 e. The van der Waals surface area contributed by atoms with Crippen molar-refractivity contribution in [2.75, 3.05) is 16.8 Å². The zero-order valence-corrected chi connectivity index (χ0v) is 17.1. The number of carbonyl (C=O) groups is 2. The van der Waals surface area contributed by atoms with Gasteiger partial charge < -0.3 is 10.2 Å². The van der Waals surface area contributed by atoms with E-state index < -0.39 is 22.3 Å². The van der Waals surface area contributed by atoms with E-state index in [-0.39, 0.29) is 30.5 Å². The Balaban J connectivity index is 1.48. The van der Waals surface area contributed by atoms with Crippen molar-refractivity contribution in [2.24, 2.45) is 5.92 Å². The van der Waals surface area contributed by atoms with E-state index in [2.05, 4.69) is 15.3 Å². The molecular formula is C20H16FN5O4S. The minimum Gasteiger partial charge on any atom is -0.311 e. The summed E-state index contributed by atoms with van der Waals surface area (Å²) in [6.07, 6.45) is 1.61. The fourth-order valence-electron chi connectivity index (χ4n) is 3.33. The van der Waals surface area contributed by atoms with Crippen molar-refractivity contribution >= 4 is 39.7 Å². The average molecular weight is 441 g/mol. The summed E-state index contributed by atoms with van der Waals surface area (Å²) in [6, 6.07) is 8.73. The molecule has 0 radical (unpaired) electrons. The van der Waals surface area contributed by atoms with Crippen LogP contribution in [0.25, 0.3) is 10.6 Å². The predicted molar refractivity (Wildman–Crippen MR) is 112 cm³/mol. The molecule has 1 aliphatic rings. The number of halogens is 1. The van der Waals surface area contributed by atoms with Gasteiger partial charge in [-0.3, -0.25) is 24.7 Å². The summed E-state index contributed by atoms with van der Waals surface area (Å²) in [6.45, 7) is 1.85. The molecule has 1 aromatic carbocycles. The SMILES string of the molecule is Cc1nc(NC(=O)C2CC(=O)N(c3ccc(F)c([N+](=O)[O-])c3)C2)sc1-c1ccccn1. The number of carbonyl (C=O) groups excluding carboxylic acids is 2. The fraction of sp³-hybridized carbons (Fsp3) is 0.200. The third kappa shape index (κ3) is 4.12. The molecule has 4 rings (SSSR count). The number of nitrogens with one attached hydrogen (secondary N) is 1. The molecule has 11 heteroatoms. The molecule has 2 amide bonds. The highest BCUT2D eigenvalue weighted by atomic mass is 32.1. The normalized spacial score (nSPS) is 15.9. The van der Waals surface area contributed by atoms with Gasteiger partial charge in [-0.05, 0) is 31.2 Å². The largest absolute Gasteiger partial charge is 0.311 e. The van der Waals surface area contributed by atoms with Crippen LogP contribution in [0.5, 0.6) is 0 Å². The smallest absolute Gasteiger partial charge is 0.306 e. The number of aryl methyl sites for hydroxylation is 1. The number of hydrogen-bond donors (Lipinski definition) is 1. The second-order valence-corrected chi connectivity index (χ2v) is 7.94. The fourth-order valence-corrected chi connectivity index (χ4v) is 4.28. The van der Waals surface area contributed by atoms with Crippen molar-refractivity contribution in [1.82, 2.24) is 9.97 Å². The molecule has 3 heterocycles. The Hall–Kier alpha value is -3.73. The lowest BCUT2D eigenvalue weighted by molar-refractivity contribution is -0.387. The van der Waals surface area contributed by atoms with Crippen LogP contribution in [0.1, 0.15) is 12.1 Å². The van der Waals surface area contributed by atoms with E-state index in [1.165, 1.54) is 22.3 Å². The zero-order valence-electron chi connectivity index (χ0n) is 16.2. The maximum absolute atomic E-state index is 13.6. The van der Waals surface area contributed by atoms with E-state index in [0.717, 1.165) is 28.4 Å². The topological polar surface area (TPSA) is 118 Å². The van der Waals surface area contributed by atoms with E-state index in [4.69, 9.17) is 0 Å². The lowest BCUT2D eigenvalue weighted by Gasteiger charge is -2.16. The van der Waals surface area contributed by atoms with Crippen LogP contribution in [0.2, 0.25) is 0 Å². The quantitative estimate of drug-likeness (QED) is 0.478. The first-order valence-electron chi connectivity index (χ1n) is 9.27. The van der Waals surface area contributed by atoms with Gasteiger partial charge in [0.2, 0.25) is 17.6 Å². The van der Waals surface area contributed by atoms with E-state index in [0.29, 0.717) is 5.13 Å². The average Bonchev–Trinajstić information content (AvgIpc) is 3.31. The van der Waals surface area contributed by atoms with Crippen molar-refractivity contribution < 1.29 is 18.9 Å². The number of nitrogens with zero attached hydrogens (tertiary/aromatic N) is 4. The van der Waals surface area contributed by atoms with Crippen molar-refractivity contribution in [2.45, 2.75) is 13.3 Å². The Morgan fingerprint density at radius 2 is 2.16 bits per heavy atom. The summed E-state index contributed by atoms with van der Waals surface area (Å²) in [5.74, 6) is -2.41. The molecule has 31 heavy (non-hydrogen) atoms. The number of nitro groups is 1. The molecule has 1 aliphatic heterocycles. The molecule has 1 fully saturated rings. The van der Waals surface area contributed by atoms with E-state index in [1.54, 1.807) is 12.3 Å². The van der Waals surface area contributed by atoms with Gasteiger partial charge in [0.05, 0.1) is 32.8 Å². The van der Waals surface area contributed by atoms with Gasteiger partial charge in [-0.15, -0.1) is 0 Å². The van der Waals surface area contributed by atoms with Crippen molar-refractivity contribution in [3.8, 4) is 10.6 Å². The van der Waals surface area contributed by atoms with Crippen LogP contribution in [-0.4, -0.2) is 33.3 Å². The molecule has 0 spiro atoms. The Labute approximate surface area is 179 Å². The minimum absolute atomic E-state index is 0.0326. The summed E-state index contributed by atoms with van der Waals surface area (Å²) in [7, 11) is 0. The van der Waals surface area contributed by atoms with E-state index in [9.17, 15) is 24.1 Å². The monoisotopic (exact) mass is 441 g/mol. The molecule has 9 nitrogen and oxygen atoms in total. The highest BCUT2D eigenvalue weighted by Gasteiger charge is 2.36. The van der Waals surface area contributed by atoms with Crippen LogP contribution in [0, 0.1) is 28.8 Å². The van der Waals surface area contributed by atoms with Gasteiger partial charge >= 0.3 is 5.69 Å². The minimum atomic E-state index is -0.988. The van der Waals surface area contributed by atoms with Gasteiger partial charge in [0.25, 0.3) is 0 Å². The molecular weight excluding hydrogens is 425 g/mol. The molecule has 2 aromatic heterocycles. The van der Waals surface area contributed by atoms with Gasteiger partial charge in [-0.25, -0.2) is 4.98 Å². The Morgan fingerprint density at radius 3 is 2.87 bits per heavy atom. The zero-order chi connectivity index (χ0) is 22.1. The van der Waals surface area contributed by atoms with Gasteiger partial charge in [-0.1, -0.05) is 17.4 Å². The molecule has 158 valence electrons. The number of nitro benzene ring substituents is 1. The van der Waals surface area contributed by atoms with Gasteiger partial charge in [0.15, 0.2) is 5.13 Å². The molecule has 0 bridgehead atoms. The molecule has 0 aliphatic carbocycles. The summed E-state index contributed by atoms with van der Waals surface area (Å²) in [5.41, 5.74) is 0.925. The summed E-state index contributed by atoms with van der Waals surface area (Å²) < 4.78 is 13.6. The molecule has 1 saturated heterocycles. The van der Waals surface area contributed by atoms with Crippen LogP contribution >= 0.6 is 11.3 Å². The summed E-state index contributed by atoms with van der Waals surface area (Å²) in [4.78, 5) is 46.0. The molecule has 1 N–H and O–H groups in total. The van der Waals surface area contributed by atoms with E-state index >= 15 is 0 Å². The number of amides is 2. The number of aromatic nitrogens is 2.